The van der Waals surface area contributed by atoms with E-state index >= 15 is 0 Å². The number of nitrogens with zero attached hydrogens (tertiary/aromatic N) is 3. The van der Waals surface area contributed by atoms with Gasteiger partial charge in [-0.3, -0.25) is 4.79 Å². The topological polar surface area (TPSA) is 89.2 Å². The Kier molecular flexibility index (Phi) is 7.17. The van der Waals surface area contributed by atoms with Crippen LogP contribution in [0, 0.1) is 0 Å². The van der Waals surface area contributed by atoms with Gasteiger partial charge >= 0.3 is 12.1 Å². The van der Waals surface area contributed by atoms with E-state index in [0.29, 0.717) is 12.2 Å². The molecule has 10 heteroatoms. The normalized spacial score (nSPS) is 11.4. The van der Waals surface area contributed by atoms with Gasteiger partial charge in [0.05, 0.1) is 11.0 Å². The summed E-state index contributed by atoms with van der Waals surface area (Å²) in [5.74, 6) is -2.76. The summed E-state index contributed by atoms with van der Waals surface area (Å²) in [5, 5.41) is 11.3. The summed E-state index contributed by atoms with van der Waals surface area (Å²) in [6.07, 6.45) is -3.04. The van der Waals surface area contributed by atoms with Crippen molar-refractivity contribution >= 4 is 27.9 Å². The third kappa shape index (κ3) is 5.06. The summed E-state index contributed by atoms with van der Waals surface area (Å²) in [6, 6.07) is 16.0. The predicted molar refractivity (Wildman–Crippen MR) is 120 cm³/mol. The van der Waals surface area contributed by atoms with Gasteiger partial charge in [-0.25, -0.2) is 9.78 Å². The van der Waals surface area contributed by atoms with Crippen molar-refractivity contribution in [1.29, 1.82) is 0 Å². The first-order chi connectivity index (χ1) is 15.7. The van der Waals surface area contributed by atoms with Crippen LogP contribution < -0.4 is 10.9 Å². The molecule has 0 spiro atoms. The highest BCUT2D eigenvalue weighted by Crippen LogP contribution is 2.28. The maximum atomic E-state index is 13.3. The highest BCUT2D eigenvalue weighted by atomic mass is 19.4. The Morgan fingerprint density at radius 2 is 1.70 bits per heavy atom. The van der Waals surface area contributed by atoms with E-state index in [9.17, 15) is 18.0 Å². The molecule has 2 heterocycles. The first kappa shape index (κ1) is 24.0. The van der Waals surface area contributed by atoms with Crippen LogP contribution in [0.25, 0.3) is 33.2 Å². The van der Waals surface area contributed by atoms with E-state index in [4.69, 9.17) is 14.9 Å². The molecule has 0 fully saturated rings. The first-order valence-corrected chi connectivity index (χ1v) is 10.2. The number of aliphatic carboxylic acids is 1. The number of hydrogen-bond acceptors (Lipinski definition) is 4. The third-order valence-corrected chi connectivity index (χ3v) is 5.06. The molecule has 2 aromatic carbocycles. The number of carboxylic acids is 1. The van der Waals surface area contributed by atoms with Crippen molar-refractivity contribution < 1.29 is 23.1 Å². The molecule has 0 aliphatic rings. The van der Waals surface area contributed by atoms with Gasteiger partial charge in [0.2, 0.25) is 0 Å². The number of aromatic nitrogens is 3. The van der Waals surface area contributed by atoms with E-state index in [1.165, 1.54) is 0 Å². The molecule has 2 N–H and O–H groups in total. The Morgan fingerprint density at radius 1 is 1.09 bits per heavy atom. The number of carbonyl (C=O) groups is 1. The molecule has 4 rings (SSSR count). The second kappa shape index (κ2) is 9.86. The minimum absolute atomic E-state index is 0.0436. The summed E-state index contributed by atoms with van der Waals surface area (Å²) in [7, 11) is 1.89. The minimum atomic E-state index is -5.08. The number of carboxylic acid groups (broad SMARTS) is 1. The molecule has 0 unspecified atom stereocenters. The molecule has 0 saturated carbocycles. The van der Waals surface area contributed by atoms with Gasteiger partial charge in [-0.15, -0.1) is 0 Å². The molecule has 4 aromatic rings. The van der Waals surface area contributed by atoms with Crippen LogP contribution in [0.2, 0.25) is 0 Å². The highest BCUT2D eigenvalue weighted by Gasteiger charge is 2.38. The second-order valence-corrected chi connectivity index (χ2v) is 7.16. The van der Waals surface area contributed by atoms with Crippen LogP contribution in [0.15, 0.2) is 59.5 Å². The summed E-state index contributed by atoms with van der Waals surface area (Å²) < 4.78 is 35.7. The number of halogens is 3. The molecule has 2 aromatic heterocycles. The van der Waals surface area contributed by atoms with E-state index in [1.54, 1.807) is 0 Å². The lowest BCUT2D eigenvalue weighted by Crippen LogP contribution is -2.27. The van der Waals surface area contributed by atoms with Gasteiger partial charge in [-0.1, -0.05) is 30.3 Å². The van der Waals surface area contributed by atoms with Gasteiger partial charge in [0, 0.05) is 42.3 Å². The van der Waals surface area contributed by atoms with Crippen LogP contribution in [0.4, 0.5) is 13.2 Å². The maximum absolute atomic E-state index is 13.3. The summed E-state index contributed by atoms with van der Waals surface area (Å²) >= 11 is 0. The molecule has 174 valence electrons. The smallest absolute Gasteiger partial charge is 0.475 e. The molecule has 7 nitrogen and oxygen atoms in total. The molecule has 0 bridgehead atoms. The Bertz CT molecular complexity index is 1340. The molecule has 0 amide bonds. The van der Waals surface area contributed by atoms with Crippen molar-refractivity contribution in [2.75, 3.05) is 13.6 Å². The van der Waals surface area contributed by atoms with Crippen LogP contribution in [0.1, 0.15) is 6.92 Å². The summed E-state index contributed by atoms with van der Waals surface area (Å²) in [4.78, 5) is 26.9. The number of nitrogens with one attached hydrogen (secondary N) is 1. The fourth-order valence-corrected chi connectivity index (χ4v) is 3.51. The third-order valence-electron chi connectivity index (χ3n) is 5.06. The Hall–Kier alpha value is -3.66. The van der Waals surface area contributed by atoms with E-state index in [2.05, 4.69) is 28.9 Å². The van der Waals surface area contributed by atoms with E-state index in [-0.39, 0.29) is 5.56 Å². The van der Waals surface area contributed by atoms with Gasteiger partial charge in [0.1, 0.15) is 5.69 Å². The molecular weight excluding hydrogens is 437 g/mol. The minimum Gasteiger partial charge on any atom is -0.475 e. The van der Waals surface area contributed by atoms with Crippen LogP contribution >= 0.6 is 0 Å². The second-order valence-electron chi connectivity index (χ2n) is 7.16. The standard InChI is InChI=1S/C21H22N4O.C2HF3O2/c1-3-24-14-16(15-8-4-6-10-18(15)24)20-21(26)25(13-12-22-2)19-11-7-5-9-17(19)23-20;3-2(4,5)1(6)7/h4-11,14,22H,3,12-13H2,1-2H3;(H,6,7). The van der Waals surface area contributed by atoms with Gasteiger partial charge in [0.15, 0.2) is 0 Å². The number of benzene rings is 2. The molecule has 0 saturated heterocycles. The van der Waals surface area contributed by atoms with Crippen LogP contribution in [0.3, 0.4) is 0 Å². The Labute approximate surface area is 187 Å². The number of alkyl halides is 3. The van der Waals surface area contributed by atoms with E-state index in [0.717, 1.165) is 40.6 Å². The highest BCUT2D eigenvalue weighted by molar-refractivity contribution is 5.95. The van der Waals surface area contributed by atoms with Crippen molar-refractivity contribution in [3.8, 4) is 11.3 Å². The zero-order chi connectivity index (χ0) is 24.2. The number of rotatable bonds is 5. The van der Waals surface area contributed by atoms with E-state index in [1.807, 2.05) is 54.2 Å². The fraction of sp³-hybridized carbons (Fsp3) is 0.261. The molecule has 33 heavy (non-hydrogen) atoms. The van der Waals surface area contributed by atoms with Crippen molar-refractivity contribution in [1.82, 2.24) is 19.4 Å². The molecule has 0 aliphatic heterocycles. The lowest BCUT2D eigenvalue weighted by molar-refractivity contribution is -0.192. The Morgan fingerprint density at radius 3 is 2.30 bits per heavy atom. The number of likely N-dealkylation sites (N-methyl/N-ethyl adjacent to an activating group) is 1. The Balaban J connectivity index is 0.000000383. The lowest BCUT2D eigenvalue weighted by Gasteiger charge is -2.12. The first-order valence-electron chi connectivity index (χ1n) is 10.2. The van der Waals surface area contributed by atoms with Gasteiger partial charge in [-0.2, -0.15) is 13.2 Å². The SMILES string of the molecule is CCn1cc(-c2nc3ccccc3n(CCNC)c2=O)c2ccccc21.O=C(O)C(F)(F)F. The average Bonchev–Trinajstić information content (AvgIpc) is 3.16. The fourth-order valence-electron chi connectivity index (χ4n) is 3.51. The molecular formula is C23H23F3N4O3. The number of aryl methyl sites for hydroxylation is 1. The quantitative estimate of drug-likeness (QED) is 0.472. The summed E-state index contributed by atoms with van der Waals surface area (Å²) in [5.41, 5.74) is 4.21. The van der Waals surface area contributed by atoms with Gasteiger partial charge < -0.3 is 19.6 Å². The number of fused-ring (bicyclic) bond motifs is 2. The van der Waals surface area contributed by atoms with Crippen LogP contribution in [-0.2, 0) is 17.9 Å². The maximum Gasteiger partial charge on any atom is 0.490 e. The van der Waals surface area contributed by atoms with Crippen molar-refractivity contribution in [3.05, 3.63) is 65.1 Å². The molecule has 0 atom stereocenters. The van der Waals surface area contributed by atoms with Crippen molar-refractivity contribution in [2.24, 2.45) is 0 Å². The van der Waals surface area contributed by atoms with E-state index < -0.39 is 12.1 Å². The molecule has 0 aliphatic carbocycles. The number of para-hydroxylation sites is 3. The van der Waals surface area contributed by atoms with Crippen LogP contribution in [-0.4, -0.2) is 45.0 Å². The van der Waals surface area contributed by atoms with Crippen molar-refractivity contribution in [3.63, 3.8) is 0 Å². The van der Waals surface area contributed by atoms with Crippen molar-refractivity contribution in [2.45, 2.75) is 26.2 Å². The largest absolute Gasteiger partial charge is 0.490 e. The summed E-state index contributed by atoms with van der Waals surface area (Å²) in [6.45, 7) is 4.29. The predicted octanol–water partition coefficient (Wildman–Crippen LogP) is 3.89. The van der Waals surface area contributed by atoms with Gasteiger partial charge in [0.25, 0.3) is 5.56 Å². The number of hydrogen-bond donors (Lipinski definition) is 2. The zero-order valence-electron chi connectivity index (χ0n) is 18.1. The monoisotopic (exact) mass is 460 g/mol. The van der Waals surface area contributed by atoms with Gasteiger partial charge in [-0.05, 0) is 32.2 Å². The molecule has 0 radical (unpaired) electrons. The lowest BCUT2D eigenvalue weighted by atomic mass is 10.1. The zero-order valence-corrected chi connectivity index (χ0v) is 18.1. The van der Waals surface area contributed by atoms with Crippen LogP contribution in [0.5, 0.6) is 0 Å². The average molecular weight is 460 g/mol.